The monoisotopic (exact) mass is 942 g/mol. The van der Waals surface area contributed by atoms with E-state index in [1.54, 1.807) is 0 Å². The molecule has 0 spiro atoms. The van der Waals surface area contributed by atoms with E-state index < -0.39 is 0 Å². The van der Waals surface area contributed by atoms with Gasteiger partial charge in [0.1, 0.15) is 0 Å². The SMILES string of the molecule is CC1(c2ccccc2)c2ccccc2-c2ccc(-c3ccccc3N(c3ccc(-c4ccc5c6ccccc6n(-c6ccccc6)c5c4)cc3)c3ccccc3-c3cccc4cccc(-c5ccccc5)c34)cc21. The van der Waals surface area contributed by atoms with Gasteiger partial charge in [-0.1, -0.05) is 231 Å². The van der Waals surface area contributed by atoms with Gasteiger partial charge in [0.15, 0.2) is 0 Å². The molecule has 1 aromatic heterocycles. The third-order valence-electron chi connectivity index (χ3n) is 15.7. The van der Waals surface area contributed by atoms with Gasteiger partial charge in [0.05, 0.1) is 22.4 Å². The van der Waals surface area contributed by atoms with E-state index in [1.807, 2.05) is 0 Å². The summed E-state index contributed by atoms with van der Waals surface area (Å²) in [6.45, 7) is 2.40. The zero-order chi connectivity index (χ0) is 49.2. The van der Waals surface area contributed by atoms with Gasteiger partial charge >= 0.3 is 0 Å². The summed E-state index contributed by atoms with van der Waals surface area (Å²) >= 11 is 0. The lowest BCUT2D eigenvalue weighted by Gasteiger charge is -2.31. The molecule has 14 rings (SSSR count). The Kier molecular flexibility index (Phi) is 10.3. The van der Waals surface area contributed by atoms with Gasteiger partial charge in [-0.05, 0) is 133 Å². The average Bonchev–Trinajstić information content (AvgIpc) is 3.99. The molecule has 0 aliphatic heterocycles. The third kappa shape index (κ3) is 6.94. The van der Waals surface area contributed by atoms with Gasteiger partial charge in [0.25, 0.3) is 0 Å². The molecule has 1 atom stereocenters. The number of hydrogen-bond donors (Lipinski definition) is 0. The average molecular weight is 943 g/mol. The Morgan fingerprint density at radius 1 is 0.324 bits per heavy atom. The van der Waals surface area contributed by atoms with Gasteiger partial charge < -0.3 is 9.47 Å². The highest BCUT2D eigenvalue weighted by atomic mass is 15.1. The zero-order valence-corrected chi connectivity index (χ0v) is 41.0. The van der Waals surface area contributed by atoms with E-state index in [0.29, 0.717) is 0 Å². The first-order chi connectivity index (χ1) is 36.6. The van der Waals surface area contributed by atoms with Crippen LogP contribution in [0.4, 0.5) is 17.1 Å². The molecule has 0 fully saturated rings. The van der Waals surface area contributed by atoms with Crippen molar-refractivity contribution in [2.75, 3.05) is 4.90 Å². The third-order valence-corrected chi connectivity index (χ3v) is 15.7. The second kappa shape index (κ2) is 17.7. The van der Waals surface area contributed by atoms with Crippen LogP contribution >= 0.6 is 0 Å². The molecule has 2 heteroatoms. The van der Waals surface area contributed by atoms with Crippen molar-refractivity contribution in [3.05, 3.63) is 302 Å². The van der Waals surface area contributed by atoms with Crippen molar-refractivity contribution in [3.63, 3.8) is 0 Å². The molecular formula is C72H50N2. The van der Waals surface area contributed by atoms with E-state index in [4.69, 9.17) is 0 Å². The smallest absolute Gasteiger partial charge is 0.0547 e. The summed E-state index contributed by atoms with van der Waals surface area (Å²) in [6, 6.07) is 105. The fourth-order valence-corrected chi connectivity index (χ4v) is 12.2. The van der Waals surface area contributed by atoms with E-state index in [1.165, 1.54) is 88.2 Å². The molecule has 12 aromatic carbocycles. The van der Waals surface area contributed by atoms with E-state index in [0.717, 1.165) is 39.4 Å². The number of para-hydroxylation sites is 4. The number of aromatic nitrogens is 1. The maximum atomic E-state index is 2.49. The van der Waals surface area contributed by atoms with Crippen LogP contribution in [0.15, 0.2) is 285 Å². The molecular weight excluding hydrogens is 893 g/mol. The fourth-order valence-electron chi connectivity index (χ4n) is 12.2. The molecule has 74 heavy (non-hydrogen) atoms. The summed E-state index contributed by atoms with van der Waals surface area (Å²) in [6.07, 6.45) is 0. The van der Waals surface area contributed by atoms with Crippen molar-refractivity contribution in [3.8, 4) is 61.3 Å². The van der Waals surface area contributed by atoms with Crippen molar-refractivity contribution in [2.45, 2.75) is 12.3 Å². The van der Waals surface area contributed by atoms with Gasteiger partial charge in [0, 0.05) is 38.7 Å². The minimum Gasteiger partial charge on any atom is -0.309 e. The molecule has 0 amide bonds. The molecule has 0 N–H and O–H groups in total. The van der Waals surface area contributed by atoms with Crippen LogP contribution in [0, 0.1) is 0 Å². The lowest BCUT2D eigenvalue weighted by Crippen LogP contribution is -2.22. The Hall–Kier alpha value is -9.50. The Balaban J connectivity index is 0.965. The highest BCUT2D eigenvalue weighted by Gasteiger charge is 2.41. The topological polar surface area (TPSA) is 8.17 Å². The number of nitrogens with zero attached hydrogens (tertiary/aromatic N) is 2. The summed E-state index contributed by atoms with van der Waals surface area (Å²) < 4.78 is 2.40. The van der Waals surface area contributed by atoms with Crippen LogP contribution in [0.25, 0.3) is 93.9 Å². The standard InChI is InChI=1S/C72H50N2/c1-72(54-25-7-3-8-26-54)65-35-15-11-30-59(65)60-45-42-53(47-66(60)72)57-29-12-16-36-67(57)73(69-38-18-14-32-62(69)64-34-20-24-51-23-19-33-58(71(51)64)50-21-5-2-6-22-50)56-43-39-49(40-44-56)52-41-46-63-61-31-13-17-37-68(61)74(70(63)48-52)55-27-9-4-10-28-55/h2-48H,1H3. The molecule has 1 heterocycles. The predicted octanol–water partition coefficient (Wildman–Crippen LogP) is 19.4. The van der Waals surface area contributed by atoms with Gasteiger partial charge in [-0.3, -0.25) is 0 Å². The van der Waals surface area contributed by atoms with E-state index in [-0.39, 0.29) is 5.41 Å². The van der Waals surface area contributed by atoms with E-state index in [2.05, 4.69) is 302 Å². The quantitative estimate of drug-likeness (QED) is 0.140. The van der Waals surface area contributed by atoms with Gasteiger partial charge in [-0.25, -0.2) is 0 Å². The Morgan fingerprint density at radius 3 is 1.65 bits per heavy atom. The summed E-state index contributed by atoms with van der Waals surface area (Å²) in [5, 5.41) is 4.94. The molecule has 2 nitrogen and oxygen atoms in total. The summed E-state index contributed by atoms with van der Waals surface area (Å²) in [7, 11) is 0. The zero-order valence-electron chi connectivity index (χ0n) is 41.0. The van der Waals surface area contributed by atoms with E-state index >= 15 is 0 Å². The number of hydrogen-bond acceptors (Lipinski definition) is 1. The highest BCUT2D eigenvalue weighted by Crippen LogP contribution is 2.54. The van der Waals surface area contributed by atoms with Crippen LogP contribution in [0.3, 0.4) is 0 Å². The molecule has 1 aliphatic rings. The highest BCUT2D eigenvalue weighted by molar-refractivity contribution is 6.11. The van der Waals surface area contributed by atoms with Crippen molar-refractivity contribution in [2.24, 2.45) is 0 Å². The summed E-state index contributed by atoms with van der Waals surface area (Å²) in [4.78, 5) is 2.49. The summed E-state index contributed by atoms with van der Waals surface area (Å²) in [5.74, 6) is 0. The maximum Gasteiger partial charge on any atom is 0.0547 e. The Morgan fingerprint density at radius 2 is 0.878 bits per heavy atom. The first-order valence-corrected chi connectivity index (χ1v) is 25.7. The van der Waals surface area contributed by atoms with Crippen LogP contribution in [0.5, 0.6) is 0 Å². The van der Waals surface area contributed by atoms with Crippen molar-refractivity contribution in [1.82, 2.24) is 4.57 Å². The molecule has 1 aliphatic carbocycles. The van der Waals surface area contributed by atoms with Gasteiger partial charge in [0.2, 0.25) is 0 Å². The maximum absolute atomic E-state index is 2.49. The molecule has 0 saturated carbocycles. The molecule has 348 valence electrons. The van der Waals surface area contributed by atoms with Crippen LogP contribution in [0.1, 0.15) is 23.6 Å². The molecule has 0 bridgehead atoms. The van der Waals surface area contributed by atoms with Crippen molar-refractivity contribution >= 4 is 49.6 Å². The molecule has 0 saturated heterocycles. The molecule has 1 unspecified atom stereocenters. The van der Waals surface area contributed by atoms with Gasteiger partial charge in [-0.15, -0.1) is 0 Å². The van der Waals surface area contributed by atoms with Gasteiger partial charge in [-0.2, -0.15) is 0 Å². The predicted molar refractivity (Wildman–Crippen MR) is 312 cm³/mol. The number of fused-ring (bicyclic) bond motifs is 7. The molecule has 13 aromatic rings. The second-order valence-corrected chi connectivity index (χ2v) is 19.7. The lowest BCUT2D eigenvalue weighted by atomic mass is 9.74. The van der Waals surface area contributed by atoms with Crippen LogP contribution in [0.2, 0.25) is 0 Å². The second-order valence-electron chi connectivity index (χ2n) is 19.7. The van der Waals surface area contributed by atoms with Crippen molar-refractivity contribution < 1.29 is 0 Å². The molecule has 0 radical (unpaired) electrons. The first kappa shape index (κ1) is 43.3. The lowest BCUT2D eigenvalue weighted by molar-refractivity contribution is 0.714. The normalized spacial score (nSPS) is 13.8. The largest absolute Gasteiger partial charge is 0.309 e. The first-order valence-electron chi connectivity index (χ1n) is 25.7. The summed E-state index contributed by atoms with van der Waals surface area (Å²) in [5.41, 5.74) is 22.4. The number of rotatable bonds is 9. The van der Waals surface area contributed by atoms with E-state index in [9.17, 15) is 0 Å². The van der Waals surface area contributed by atoms with Crippen LogP contribution in [-0.4, -0.2) is 4.57 Å². The number of benzene rings is 12. The number of anilines is 3. The minimum absolute atomic E-state index is 0.330. The fraction of sp³-hybridized carbons (Fsp3) is 0.0278. The Bertz CT molecular complexity index is 4240. The Labute approximate surface area is 432 Å². The van der Waals surface area contributed by atoms with Crippen LogP contribution in [-0.2, 0) is 5.41 Å². The van der Waals surface area contributed by atoms with Crippen LogP contribution < -0.4 is 4.90 Å². The minimum atomic E-state index is -0.330. The van der Waals surface area contributed by atoms with Crippen molar-refractivity contribution in [1.29, 1.82) is 0 Å².